The number of hydrogen-bond donors (Lipinski definition) is 2. The SMILES string of the molecule is CON(C)C(=O)CONC(=O)c1cc(C#N)cc(C)c1NC(=O)c1cc(Br)nn1-c1ncccc1Cl. The van der Waals surface area contributed by atoms with Crippen molar-refractivity contribution in [3.05, 3.63) is 68.5 Å². The molecule has 0 saturated carbocycles. The molecule has 3 rings (SSSR count). The summed E-state index contributed by atoms with van der Waals surface area (Å²) in [6.07, 6.45) is 1.50. The minimum Gasteiger partial charge on any atom is -0.320 e. The molecule has 0 fully saturated rings. The van der Waals surface area contributed by atoms with Gasteiger partial charge in [0.1, 0.15) is 10.3 Å². The Morgan fingerprint density at radius 2 is 2.03 bits per heavy atom. The molecule has 186 valence electrons. The fourth-order valence-electron chi connectivity index (χ4n) is 2.99. The molecular formula is C22H19BrClN7O5. The molecule has 0 atom stereocenters. The molecule has 36 heavy (non-hydrogen) atoms. The van der Waals surface area contributed by atoms with E-state index in [9.17, 15) is 19.6 Å². The van der Waals surface area contributed by atoms with Gasteiger partial charge in [0.2, 0.25) is 0 Å². The number of halogens is 2. The Hall–Kier alpha value is -3.83. The normalized spacial score (nSPS) is 10.4. The zero-order chi connectivity index (χ0) is 26.4. The van der Waals surface area contributed by atoms with Crippen molar-refractivity contribution in [3.8, 4) is 11.9 Å². The lowest BCUT2D eigenvalue weighted by molar-refractivity contribution is -0.175. The van der Waals surface area contributed by atoms with Crippen LogP contribution in [-0.4, -0.2) is 58.3 Å². The van der Waals surface area contributed by atoms with Gasteiger partial charge in [-0.3, -0.25) is 24.1 Å². The number of pyridine rings is 1. The van der Waals surface area contributed by atoms with Gasteiger partial charge in [-0.1, -0.05) is 11.6 Å². The first-order chi connectivity index (χ1) is 17.2. The summed E-state index contributed by atoms with van der Waals surface area (Å²) >= 11 is 9.47. The van der Waals surface area contributed by atoms with Crippen molar-refractivity contribution in [2.24, 2.45) is 0 Å². The summed E-state index contributed by atoms with van der Waals surface area (Å²) in [5.74, 6) is -1.75. The number of aromatic nitrogens is 3. The Kier molecular flexibility index (Phi) is 8.73. The van der Waals surface area contributed by atoms with Crippen molar-refractivity contribution in [2.45, 2.75) is 6.92 Å². The first kappa shape index (κ1) is 26.8. The van der Waals surface area contributed by atoms with Crippen molar-refractivity contribution < 1.29 is 24.1 Å². The molecule has 0 aliphatic carbocycles. The minimum absolute atomic E-state index is 0.0616. The second kappa shape index (κ2) is 11.7. The van der Waals surface area contributed by atoms with Crippen molar-refractivity contribution in [1.29, 1.82) is 5.26 Å². The number of hydroxylamine groups is 3. The van der Waals surface area contributed by atoms with Crippen LogP contribution in [0.5, 0.6) is 0 Å². The van der Waals surface area contributed by atoms with E-state index in [0.29, 0.717) is 10.2 Å². The average Bonchev–Trinajstić information content (AvgIpc) is 3.25. The fraction of sp³-hybridized carbons (Fsp3) is 0.182. The molecule has 0 spiro atoms. The molecule has 12 nitrogen and oxygen atoms in total. The van der Waals surface area contributed by atoms with E-state index in [1.54, 1.807) is 19.1 Å². The number of carbonyl (C=O) groups excluding carboxylic acids is 3. The third-order valence-corrected chi connectivity index (χ3v) is 5.47. The van der Waals surface area contributed by atoms with Gasteiger partial charge in [-0.25, -0.2) is 20.2 Å². The molecule has 14 heteroatoms. The highest BCUT2D eigenvalue weighted by Gasteiger charge is 2.23. The lowest BCUT2D eigenvalue weighted by Crippen LogP contribution is -2.34. The number of rotatable bonds is 8. The van der Waals surface area contributed by atoms with Crippen LogP contribution >= 0.6 is 27.5 Å². The number of nitrogens with one attached hydrogen (secondary N) is 2. The van der Waals surface area contributed by atoms with Gasteiger partial charge in [-0.05, 0) is 52.7 Å². The van der Waals surface area contributed by atoms with Crippen molar-refractivity contribution >= 4 is 50.9 Å². The van der Waals surface area contributed by atoms with Gasteiger partial charge in [0.25, 0.3) is 17.7 Å². The van der Waals surface area contributed by atoms with E-state index in [4.69, 9.17) is 21.3 Å². The summed E-state index contributed by atoms with van der Waals surface area (Å²) in [5, 5.41) is 17.4. The number of amides is 3. The number of likely N-dealkylation sites (N-methyl/N-ethyl adjacent to an activating group) is 1. The monoisotopic (exact) mass is 575 g/mol. The van der Waals surface area contributed by atoms with Gasteiger partial charge in [0, 0.05) is 19.3 Å². The molecule has 0 radical (unpaired) electrons. The maximum absolute atomic E-state index is 13.3. The summed E-state index contributed by atoms with van der Waals surface area (Å²) in [5.41, 5.74) is 2.88. The Labute approximate surface area is 218 Å². The number of anilines is 1. The number of benzene rings is 1. The Balaban J connectivity index is 1.90. The van der Waals surface area contributed by atoms with Gasteiger partial charge in [0.15, 0.2) is 12.4 Å². The van der Waals surface area contributed by atoms with Gasteiger partial charge in [0.05, 0.1) is 35.0 Å². The van der Waals surface area contributed by atoms with Crippen LogP contribution < -0.4 is 10.8 Å². The van der Waals surface area contributed by atoms with Gasteiger partial charge in [-0.15, -0.1) is 0 Å². The van der Waals surface area contributed by atoms with Crippen LogP contribution in [0.15, 0.2) is 41.1 Å². The maximum atomic E-state index is 13.3. The Morgan fingerprint density at radius 3 is 2.69 bits per heavy atom. The van der Waals surface area contributed by atoms with E-state index in [2.05, 4.69) is 36.8 Å². The first-order valence-corrected chi connectivity index (χ1v) is 11.3. The smallest absolute Gasteiger partial charge is 0.277 e. The summed E-state index contributed by atoms with van der Waals surface area (Å²) in [7, 11) is 2.68. The third kappa shape index (κ3) is 6.04. The molecule has 2 aromatic heterocycles. The Morgan fingerprint density at radius 1 is 1.28 bits per heavy atom. The molecule has 2 N–H and O–H groups in total. The summed E-state index contributed by atoms with van der Waals surface area (Å²) < 4.78 is 1.60. The van der Waals surface area contributed by atoms with Gasteiger partial charge in [-0.2, -0.15) is 10.4 Å². The molecule has 3 amide bonds. The Bertz CT molecular complexity index is 1370. The molecule has 0 saturated heterocycles. The highest BCUT2D eigenvalue weighted by molar-refractivity contribution is 9.10. The van der Waals surface area contributed by atoms with Crippen LogP contribution in [0.1, 0.15) is 32.0 Å². The number of nitriles is 1. The second-order valence-electron chi connectivity index (χ2n) is 7.15. The van der Waals surface area contributed by atoms with E-state index in [-0.39, 0.29) is 33.3 Å². The van der Waals surface area contributed by atoms with E-state index in [1.165, 1.54) is 43.2 Å². The number of aryl methyl sites for hydroxylation is 1. The van der Waals surface area contributed by atoms with Crippen LogP contribution in [-0.2, 0) is 14.5 Å². The molecular weight excluding hydrogens is 558 g/mol. The first-order valence-electron chi connectivity index (χ1n) is 10.1. The topological polar surface area (TPSA) is 151 Å². The van der Waals surface area contributed by atoms with Gasteiger partial charge < -0.3 is 5.32 Å². The predicted octanol–water partition coefficient (Wildman–Crippen LogP) is 2.80. The van der Waals surface area contributed by atoms with E-state index in [1.807, 2.05) is 6.07 Å². The highest BCUT2D eigenvalue weighted by atomic mass is 79.9. The standard InChI is InChI=1S/C22H19BrClN7O5/c1-12-7-13(10-25)8-14(21(33)29-36-11-18(32)30(2)35-3)19(12)27-22(34)16-9-17(23)28-31(16)20-15(24)5-4-6-26-20/h4-9H,11H2,1-3H3,(H,27,34)(H,29,33). The van der Waals surface area contributed by atoms with Crippen molar-refractivity contribution in [1.82, 2.24) is 25.3 Å². The minimum atomic E-state index is -0.791. The van der Waals surface area contributed by atoms with Gasteiger partial charge >= 0.3 is 0 Å². The van der Waals surface area contributed by atoms with Crippen LogP contribution in [0.2, 0.25) is 5.02 Å². The summed E-state index contributed by atoms with van der Waals surface area (Å²) in [6.45, 7) is 1.11. The zero-order valence-electron chi connectivity index (χ0n) is 19.2. The summed E-state index contributed by atoms with van der Waals surface area (Å²) in [4.78, 5) is 51.8. The molecule has 3 aromatic rings. The fourth-order valence-corrected chi connectivity index (χ4v) is 3.57. The van der Waals surface area contributed by atoms with E-state index in [0.717, 1.165) is 5.06 Å². The molecule has 0 aliphatic heterocycles. The highest BCUT2D eigenvalue weighted by Crippen LogP contribution is 2.26. The largest absolute Gasteiger partial charge is 0.320 e. The third-order valence-electron chi connectivity index (χ3n) is 4.79. The number of nitrogens with zero attached hydrogens (tertiary/aromatic N) is 5. The number of hydrogen-bond acceptors (Lipinski definition) is 8. The molecule has 0 unspecified atom stereocenters. The quantitative estimate of drug-likeness (QED) is 0.389. The molecule has 0 bridgehead atoms. The van der Waals surface area contributed by atoms with E-state index < -0.39 is 24.3 Å². The van der Waals surface area contributed by atoms with Crippen LogP contribution in [0.25, 0.3) is 5.82 Å². The zero-order valence-corrected chi connectivity index (χ0v) is 21.5. The number of carbonyl (C=O) groups is 3. The van der Waals surface area contributed by atoms with Crippen molar-refractivity contribution in [3.63, 3.8) is 0 Å². The lowest BCUT2D eigenvalue weighted by Gasteiger charge is -2.16. The average molecular weight is 577 g/mol. The molecule has 0 aliphatic rings. The molecule has 2 heterocycles. The van der Waals surface area contributed by atoms with Crippen LogP contribution in [0.3, 0.4) is 0 Å². The van der Waals surface area contributed by atoms with Crippen LogP contribution in [0.4, 0.5) is 5.69 Å². The van der Waals surface area contributed by atoms with Crippen LogP contribution in [0, 0.1) is 18.3 Å². The predicted molar refractivity (Wildman–Crippen MR) is 131 cm³/mol. The van der Waals surface area contributed by atoms with E-state index >= 15 is 0 Å². The van der Waals surface area contributed by atoms with Crippen molar-refractivity contribution in [2.75, 3.05) is 26.1 Å². The maximum Gasteiger partial charge on any atom is 0.277 e. The lowest BCUT2D eigenvalue weighted by atomic mass is 10.0. The molecule has 1 aromatic carbocycles. The summed E-state index contributed by atoms with van der Waals surface area (Å²) in [6, 6.07) is 9.45. The second-order valence-corrected chi connectivity index (χ2v) is 8.37.